The molecule has 0 atom stereocenters. The Bertz CT molecular complexity index is 610. The number of nitrogens with zero attached hydrogens (tertiary/aromatic N) is 3. The van der Waals surface area contributed by atoms with Gasteiger partial charge in [0.15, 0.2) is 11.7 Å². The van der Waals surface area contributed by atoms with E-state index >= 15 is 0 Å². The Kier molecular flexibility index (Phi) is 6.33. The molecule has 20 heavy (non-hydrogen) atoms. The number of hydrogen-bond donors (Lipinski definition) is 0. The van der Waals surface area contributed by atoms with Gasteiger partial charge in [0.1, 0.15) is 0 Å². The third kappa shape index (κ3) is 4.14. The van der Waals surface area contributed by atoms with Gasteiger partial charge in [-0.3, -0.25) is 4.99 Å². The molecule has 0 aliphatic carbocycles. The maximum absolute atomic E-state index is 5.98. The van der Waals surface area contributed by atoms with Crippen molar-refractivity contribution in [2.45, 2.75) is 0 Å². The molecule has 1 aromatic rings. The van der Waals surface area contributed by atoms with Crippen molar-refractivity contribution in [1.29, 1.82) is 0 Å². The normalized spacial score (nSPS) is 13.0. The summed E-state index contributed by atoms with van der Waals surface area (Å²) >= 11 is 5.98. The average Bonchev–Trinajstić information content (AvgIpc) is 2.46. The molecule has 0 heterocycles. The van der Waals surface area contributed by atoms with Crippen molar-refractivity contribution in [3.8, 4) is 0 Å². The minimum absolute atomic E-state index is 0.431. The summed E-state index contributed by atoms with van der Waals surface area (Å²) in [5.74, 6) is 0.951. The summed E-state index contributed by atoms with van der Waals surface area (Å²) in [7, 11) is 1.66. The van der Waals surface area contributed by atoms with Crippen LogP contribution in [0.15, 0.2) is 76.2 Å². The highest BCUT2D eigenvalue weighted by Gasteiger charge is 2.06. The predicted molar refractivity (Wildman–Crippen MR) is 89.4 cm³/mol. The Hall–Kier alpha value is -2.26. The molecule has 102 valence electrons. The zero-order chi connectivity index (χ0) is 15.0. The highest BCUT2D eigenvalue weighted by Crippen LogP contribution is 2.13. The molecule has 0 unspecified atom stereocenters. The molecular formula is C16H16ClN3. The first-order valence-corrected chi connectivity index (χ1v) is 6.27. The van der Waals surface area contributed by atoms with Crippen LogP contribution in [0.1, 0.15) is 5.56 Å². The number of aliphatic imine (C=N–C) groups is 3. The highest BCUT2D eigenvalue weighted by molar-refractivity contribution is 6.31. The Morgan fingerprint density at radius 1 is 1.30 bits per heavy atom. The number of rotatable bonds is 4. The maximum Gasteiger partial charge on any atom is 0.160 e. The summed E-state index contributed by atoms with van der Waals surface area (Å²) in [5, 5.41) is 0.623. The first-order valence-electron chi connectivity index (χ1n) is 5.90. The van der Waals surface area contributed by atoms with Crippen LogP contribution in [0.5, 0.6) is 0 Å². The lowest BCUT2D eigenvalue weighted by Gasteiger charge is -2.04. The van der Waals surface area contributed by atoms with Crippen molar-refractivity contribution in [3.05, 3.63) is 71.8 Å². The quantitative estimate of drug-likeness (QED) is 0.453. The van der Waals surface area contributed by atoms with Crippen LogP contribution in [0.3, 0.4) is 0 Å². The first-order chi connectivity index (χ1) is 9.65. The predicted octanol–water partition coefficient (Wildman–Crippen LogP) is 4.11. The van der Waals surface area contributed by atoms with Gasteiger partial charge in [-0.25, -0.2) is 9.98 Å². The van der Waals surface area contributed by atoms with Gasteiger partial charge in [-0.2, -0.15) is 0 Å². The lowest BCUT2D eigenvalue weighted by atomic mass is 10.2. The molecule has 0 N–H and O–H groups in total. The van der Waals surface area contributed by atoms with Gasteiger partial charge < -0.3 is 0 Å². The second kappa shape index (κ2) is 8.02. The molecule has 0 saturated carbocycles. The van der Waals surface area contributed by atoms with Crippen molar-refractivity contribution in [3.63, 3.8) is 0 Å². The SMILES string of the molecule is C=C/C=C(\C=C)C(N=C)=NC(=NC)c1cccc(Cl)c1. The van der Waals surface area contributed by atoms with Crippen molar-refractivity contribution in [2.24, 2.45) is 15.0 Å². The molecule has 0 bridgehead atoms. The number of amidine groups is 2. The number of benzene rings is 1. The van der Waals surface area contributed by atoms with Crippen LogP contribution in [0.2, 0.25) is 5.02 Å². The van der Waals surface area contributed by atoms with Crippen LogP contribution in [0.25, 0.3) is 0 Å². The highest BCUT2D eigenvalue weighted by atomic mass is 35.5. The molecular weight excluding hydrogens is 270 g/mol. The summed E-state index contributed by atoms with van der Waals surface area (Å²) in [6.45, 7) is 10.9. The fourth-order valence-electron chi connectivity index (χ4n) is 1.52. The second-order valence-electron chi connectivity index (χ2n) is 3.71. The van der Waals surface area contributed by atoms with Crippen LogP contribution in [0.4, 0.5) is 0 Å². The van der Waals surface area contributed by atoms with Gasteiger partial charge in [-0.05, 0) is 18.9 Å². The van der Waals surface area contributed by atoms with E-state index in [0.717, 1.165) is 11.1 Å². The Morgan fingerprint density at radius 2 is 2.05 bits per heavy atom. The molecule has 0 fully saturated rings. The monoisotopic (exact) mass is 285 g/mol. The molecule has 0 aliphatic rings. The molecule has 0 amide bonds. The summed E-state index contributed by atoms with van der Waals surface area (Å²) in [6, 6.07) is 7.30. The van der Waals surface area contributed by atoms with Crippen LogP contribution in [-0.4, -0.2) is 25.4 Å². The first kappa shape index (κ1) is 15.8. The van der Waals surface area contributed by atoms with E-state index in [4.69, 9.17) is 11.6 Å². The van der Waals surface area contributed by atoms with E-state index in [2.05, 4.69) is 34.9 Å². The van der Waals surface area contributed by atoms with Gasteiger partial charge in [0.25, 0.3) is 0 Å². The van der Waals surface area contributed by atoms with Crippen LogP contribution < -0.4 is 0 Å². The molecule has 1 rings (SSSR count). The van der Waals surface area contributed by atoms with E-state index in [1.165, 1.54) is 0 Å². The lowest BCUT2D eigenvalue weighted by molar-refractivity contribution is 1.37. The molecule has 0 radical (unpaired) electrons. The topological polar surface area (TPSA) is 37.1 Å². The van der Waals surface area contributed by atoms with Gasteiger partial charge in [-0.15, -0.1) is 0 Å². The van der Waals surface area contributed by atoms with Crippen LogP contribution in [-0.2, 0) is 0 Å². The van der Waals surface area contributed by atoms with E-state index in [9.17, 15) is 0 Å². The van der Waals surface area contributed by atoms with Crippen LogP contribution in [0, 0.1) is 0 Å². The molecule has 0 spiro atoms. The molecule has 0 aliphatic heterocycles. The number of allylic oxidation sites excluding steroid dienone is 2. The molecule has 3 nitrogen and oxygen atoms in total. The molecule has 1 aromatic carbocycles. The summed E-state index contributed by atoms with van der Waals surface area (Å²) < 4.78 is 0. The zero-order valence-corrected chi connectivity index (χ0v) is 12.1. The third-order valence-corrected chi connectivity index (χ3v) is 2.67. The van der Waals surface area contributed by atoms with Gasteiger partial charge in [-0.1, -0.05) is 55.1 Å². The van der Waals surface area contributed by atoms with E-state index in [-0.39, 0.29) is 0 Å². The molecule has 0 saturated heterocycles. The smallest absolute Gasteiger partial charge is 0.160 e. The van der Waals surface area contributed by atoms with Crippen molar-refractivity contribution >= 4 is 30.0 Å². The molecule has 0 aromatic heterocycles. The maximum atomic E-state index is 5.98. The van der Waals surface area contributed by atoms with E-state index in [1.54, 1.807) is 37.4 Å². The van der Waals surface area contributed by atoms with E-state index in [0.29, 0.717) is 16.7 Å². The largest absolute Gasteiger partial charge is 0.270 e. The van der Waals surface area contributed by atoms with Crippen molar-refractivity contribution < 1.29 is 0 Å². The minimum atomic E-state index is 0.431. The number of halogens is 1. The second-order valence-corrected chi connectivity index (χ2v) is 4.15. The average molecular weight is 286 g/mol. The fourth-order valence-corrected chi connectivity index (χ4v) is 1.71. The number of hydrogen-bond acceptors (Lipinski definition) is 1. The Morgan fingerprint density at radius 3 is 2.55 bits per heavy atom. The van der Waals surface area contributed by atoms with Gasteiger partial charge >= 0.3 is 0 Å². The Balaban J connectivity index is 3.28. The zero-order valence-electron chi connectivity index (χ0n) is 11.4. The lowest BCUT2D eigenvalue weighted by Crippen LogP contribution is -2.05. The van der Waals surface area contributed by atoms with Crippen molar-refractivity contribution in [2.75, 3.05) is 7.05 Å². The Labute approximate surface area is 124 Å². The third-order valence-electron chi connectivity index (χ3n) is 2.43. The summed E-state index contributed by atoms with van der Waals surface area (Å²) in [6.07, 6.45) is 5.03. The van der Waals surface area contributed by atoms with E-state index in [1.807, 2.05) is 12.1 Å². The minimum Gasteiger partial charge on any atom is -0.270 e. The standard InChI is InChI=1S/C16H16ClN3/c1-5-8-12(6-2)15(18-3)20-16(19-4)13-9-7-10-14(17)11-13/h5-11H,1-3H2,4H3/b12-8+,19-16?,20-15?. The fraction of sp³-hybridized carbons (Fsp3) is 0.0625. The van der Waals surface area contributed by atoms with Crippen LogP contribution >= 0.6 is 11.6 Å². The summed E-state index contributed by atoms with van der Waals surface area (Å²) in [4.78, 5) is 12.5. The van der Waals surface area contributed by atoms with E-state index < -0.39 is 0 Å². The molecule has 4 heteroatoms. The summed E-state index contributed by atoms with van der Waals surface area (Å²) in [5.41, 5.74) is 1.53. The van der Waals surface area contributed by atoms with Gasteiger partial charge in [0, 0.05) is 23.2 Å². The van der Waals surface area contributed by atoms with Gasteiger partial charge in [0.05, 0.1) is 0 Å². The van der Waals surface area contributed by atoms with Crippen molar-refractivity contribution in [1.82, 2.24) is 0 Å². The van der Waals surface area contributed by atoms with Gasteiger partial charge in [0.2, 0.25) is 0 Å².